The lowest BCUT2D eigenvalue weighted by atomic mass is 10.2. The number of ether oxygens (including phenoxy) is 1. The van der Waals surface area contributed by atoms with E-state index in [0.717, 1.165) is 6.42 Å². The third kappa shape index (κ3) is 7.29. The van der Waals surface area contributed by atoms with E-state index < -0.39 is 0 Å². The Bertz CT molecular complexity index is 117. The van der Waals surface area contributed by atoms with E-state index in [1.807, 2.05) is 0 Å². The van der Waals surface area contributed by atoms with Gasteiger partial charge in [0.15, 0.2) is 0 Å². The molecule has 1 amide bonds. The van der Waals surface area contributed by atoms with Crippen LogP contribution >= 0.6 is 0 Å². The molecule has 3 N–H and O–H groups in total. The second-order valence-corrected chi connectivity index (χ2v) is 2.49. The summed E-state index contributed by atoms with van der Waals surface area (Å²) in [6, 6.07) is 0.0202. The predicted molar refractivity (Wildman–Crippen MR) is 43.2 cm³/mol. The lowest BCUT2D eigenvalue weighted by molar-refractivity contribution is -0.118. The van der Waals surface area contributed by atoms with E-state index in [0.29, 0.717) is 13.2 Å². The normalized spacial score (nSPS) is 12.6. The van der Waals surface area contributed by atoms with Crippen molar-refractivity contribution in [3.05, 3.63) is 0 Å². The fraction of sp³-hybridized carbons (Fsp3) is 0.857. The maximum absolute atomic E-state index is 10.4. The van der Waals surface area contributed by atoms with Gasteiger partial charge < -0.3 is 15.8 Å². The minimum atomic E-state index is -0.0189. The number of hydrogen-bond acceptors (Lipinski definition) is 3. The van der Waals surface area contributed by atoms with E-state index in [-0.39, 0.29) is 11.9 Å². The Balaban J connectivity index is 3.16. The number of carbonyl (C=O) groups is 1. The van der Waals surface area contributed by atoms with Crippen LogP contribution in [-0.4, -0.2) is 32.2 Å². The van der Waals surface area contributed by atoms with Gasteiger partial charge in [-0.05, 0) is 6.42 Å². The minimum absolute atomic E-state index is 0.0189. The molecule has 4 heteroatoms. The first-order chi connectivity index (χ1) is 5.16. The van der Waals surface area contributed by atoms with Crippen molar-refractivity contribution < 1.29 is 9.53 Å². The summed E-state index contributed by atoms with van der Waals surface area (Å²) in [5.74, 6) is -0.0189. The van der Waals surface area contributed by atoms with Gasteiger partial charge >= 0.3 is 0 Å². The first-order valence-corrected chi connectivity index (χ1v) is 3.65. The fourth-order valence-corrected chi connectivity index (χ4v) is 0.731. The van der Waals surface area contributed by atoms with E-state index >= 15 is 0 Å². The number of hydrogen-bond donors (Lipinski definition) is 2. The number of nitrogens with one attached hydrogen (secondary N) is 1. The highest BCUT2D eigenvalue weighted by molar-refractivity contribution is 5.72. The molecular weight excluding hydrogens is 144 g/mol. The Kier molecular flexibility index (Phi) is 5.78. The molecule has 66 valence electrons. The second-order valence-electron chi connectivity index (χ2n) is 2.49. The molecule has 1 unspecified atom stereocenters. The summed E-state index contributed by atoms with van der Waals surface area (Å²) in [6.45, 7) is 2.65. The van der Waals surface area contributed by atoms with Crippen LogP contribution in [0.4, 0.5) is 0 Å². The third-order valence-electron chi connectivity index (χ3n) is 1.27. The molecule has 0 heterocycles. The minimum Gasteiger partial charge on any atom is -0.383 e. The van der Waals surface area contributed by atoms with Crippen LogP contribution in [0.1, 0.15) is 13.3 Å². The summed E-state index contributed by atoms with van der Waals surface area (Å²) >= 11 is 0. The van der Waals surface area contributed by atoms with Crippen LogP contribution < -0.4 is 11.1 Å². The van der Waals surface area contributed by atoms with Crippen molar-refractivity contribution in [3.63, 3.8) is 0 Å². The van der Waals surface area contributed by atoms with E-state index in [9.17, 15) is 4.79 Å². The lowest BCUT2D eigenvalue weighted by Crippen LogP contribution is -2.31. The van der Waals surface area contributed by atoms with Crippen LogP contribution in [0, 0.1) is 0 Å². The summed E-state index contributed by atoms with van der Waals surface area (Å²) in [7, 11) is 1.61. The first kappa shape index (κ1) is 10.4. The lowest BCUT2D eigenvalue weighted by Gasteiger charge is -2.09. The zero-order valence-electron chi connectivity index (χ0n) is 7.09. The molecule has 0 fully saturated rings. The molecule has 0 aromatic carbocycles. The molecule has 4 nitrogen and oxygen atoms in total. The smallest absolute Gasteiger partial charge is 0.216 e. The molecule has 0 rings (SSSR count). The molecule has 0 aliphatic carbocycles. The quantitative estimate of drug-likeness (QED) is 0.569. The van der Waals surface area contributed by atoms with Crippen molar-refractivity contribution in [1.82, 2.24) is 5.32 Å². The summed E-state index contributed by atoms with van der Waals surface area (Å²) in [4.78, 5) is 10.4. The van der Waals surface area contributed by atoms with Crippen LogP contribution in [0.5, 0.6) is 0 Å². The molecule has 0 saturated carbocycles. The third-order valence-corrected chi connectivity index (χ3v) is 1.27. The molecule has 0 aromatic rings. The molecule has 0 aromatic heterocycles. The van der Waals surface area contributed by atoms with Crippen LogP contribution in [0.3, 0.4) is 0 Å². The van der Waals surface area contributed by atoms with Gasteiger partial charge in [-0.15, -0.1) is 0 Å². The zero-order chi connectivity index (χ0) is 8.69. The maximum Gasteiger partial charge on any atom is 0.216 e. The largest absolute Gasteiger partial charge is 0.383 e. The molecule has 1 atom stereocenters. The van der Waals surface area contributed by atoms with Gasteiger partial charge in [0.2, 0.25) is 5.91 Å². The average Bonchev–Trinajstić information content (AvgIpc) is 1.87. The van der Waals surface area contributed by atoms with Gasteiger partial charge in [0.1, 0.15) is 0 Å². The van der Waals surface area contributed by atoms with Gasteiger partial charge in [-0.25, -0.2) is 0 Å². The zero-order valence-corrected chi connectivity index (χ0v) is 7.09. The standard InChI is InChI=1S/C7H16N2O2/c1-6(10)9-4-3-7(8)5-11-2/h7H,3-5,8H2,1-2H3,(H,9,10). The topological polar surface area (TPSA) is 64.3 Å². The summed E-state index contributed by atoms with van der Waals surface area (Å²) in [5, 5.41) is 2.66. The molecule has 0 aliphatic heterocycles. The fourth-order valence-electron chi connectivity index (χ4n) is 0.731. The number of methoxy groups -OCH3 is 1. The Hall–Kier alpha value is -0.610. The van der Waals surface area contributed by atoms with Gasteiger partial charge in [0.25, 0.3) is 0 Å². The van der Waals surface area contributed by atoms with Crippen molar-refractivity contribution in [2.45, 2.75) is 19.4 Å². The summed E-state index contributed by atoms with van der Waals surface area (Å²) in [5.41, 5.74) is 5.59. The van der Waals surface area contributed by atoms with Gasteiger partial charge in [-0.2, -0.15) is 0 Å². The number of carbonyl (C=O) groups excluding carboxylic acids is 1. The van der Waals surface area contributed by atoms with Gasteiger partial charge in [-0.3, -0.25) is 4.79 Å². The number of nitrogens with two attached hydrogens (primary N) is 1. The van der Waals surface area contributed by atoms with Gasteiger partial charge in [0, 0.05) is 26.6 Å². The Morgan fingerprint density at radius 3 is 2.82 bits per heavy atom. The highest BCUT2D eigenvalue weighted by Crippen LogP contribution is 1.85. The van der Waals surface area contributed by atoms with Crippen molar-refractivity contribution in [2.24, 2.45) is 5.73 Å². The molecular formula is C7H16N2O2. The number of amides is 1. The molecule has 0 aliphatic rings. The van der Waals surface area contributed by atoms with Crippen molar-refractivity contribution in [1.29, 1.82) is 0 Å². The molecule has 0 spiro atoms. The summed E-state index contributed by atoms with van der Waals surface area (Å²) in [6.07, 6.45) is 0.757. The maximum atomic E-state index is 10.4. The van der Waals surface area contributed by atoms with Crippen LogP contribution in [0.15, 0.2) is 0 Å². The SMILES string of the molecule is COCC(N)CCNC(C)=O. The van der Waals surface area contributed by atoms with Crippen molar-refractivity contribution in [2.75, 3.05) is 20.3 Å². The van der Waals surface area contributed by atoms with Gasteiger partial charge in [-0.1, -0.05) is 0 Å². The van der Waals surface area contributed by atoms with E-state index in [1.54, 1.807) is 7.11 Å². The highest BCUT2D eigenvalue weighted by atomic mass is 16.5. The Morgan fingerprint density at radius 2 is 2.36 bits per heavy atom. The van der Waals surface area contributed by atoms with Gasteiger partial charge in [0.05, 0.1) is 6.61 Å². The van der Waals surface area contributed by atoms with E-state index in [2.05, 4.69) is 5.32 Å². The second kappa shape index (κ2) is 6.12. The van der Waals surface area contributed by atoms with E-state index in [4.69, 9.17) is 10.5 Å². The molecule has 0 radical (unpaired) electrons. The summed E-state index contributed by atoms with van der Waals surface area (Å²) < 4.78 is 4.82. The Morgan fingerprint density at radius 1 is 1.73 bits per heavy atom. The van der Waals surface area contributed by atoms with E-state index in [1.165, 1.54) is 6.92 Å². The van der Waals surface area contributed by atoms with Crippen LogP contribution in [0.2, 0.25) is 0 Å². The van der Waals surface area contributed by atoms with Crippen molar-refractivity contribution >= 4 is 5.91 Å². The van der Waals surface area contributed by atoms with Crippen molar-refractivity contribution in [3.8, 4) is 0 Å². The predicted octanol–water partition coefficient (Wildman–Crippen LogP) is -0.514. The average molecular weight is 160 g/mol. The van der Waals surface area contributed by atoms with Crippen LogP contribution in [-0.2, 0) is 9.53 Å². The molecule has 0 saturated heterocycles. The Labute approximate surface area is 67.1 Å². The molecule has 0 bridgehead atoms. The first-order valence-electron chi connectivity index (χ1n) is 3.65. The monoisotopic (exact) mass is 160 g/mol. The molecule has 11 heavy (non-hydrogen) atoms. The van der Waals surface area contributed by atoms with Crippen LogP contribution in [0.25, 0.3) is 0 Å². The number of rotatable bonds is 5. The highest BCUT2D eigenvalue weighted by Gasteiger charge is 2.00.